The number of primary amides is 1. The van der Waals surface area contributed by atoms with Gasteiger partial charge in [0.05, 0.1) is 6.61 Å². The van der Waals surface area contributed by atoms with E-state index in [1.807, 2.05) is 0 Å². The molecule has 1 heterocycles. The number of nitrogens with two attached hydrogens (primary N) is 1. The van der Waals surface area contributed by atoms with Crippen molar-refractivity contribution in [1.82, 2.24) is 10.2 Å². The summed E-state index contributed by atoms with van der Waals surface area (Å²) in [6, 6.07) is -0.311. The summed E-state index contributed by atoms with van der Waals surface area (Å²) >= 11 is 0. The number of hydrogen-bond acceptors (Lipinski definition) is 3. The summed E-state index contributed by atoms with van der Waals surface area (Å²) in [5.74, 6) is 0. The largest absolute Gasteiger partial charge is 0.395 e. The number of nitrogens with zero attached hydrogens (tertiary/aromatic N) is 1. The van der Waals surface area contributed by atoms with Crippen LogP contribution in [0.3, 0.4) is 0 Å². The highest BCUT2D eigenvalue weighted by atomic mass is 16.3. The Hall–Kier alpha value is -0.810. The van der Waals surface area contributed by atoms with Gasteiger partial charge in [0.15, 0.2) is 0 Å². The molecule has 5 heteroatoms. The van der Waals surface area contributed by atoms with Crippen LogP contribution in [-0.2, 0) is 0 Å². The number of hydrogen-bond donors (Lipinski definition) is 3. The van der Waals surface area contributed by atoms with Gasteiger partial charge in [-0.2, -0.15) is 0 Å². The molecule has 1 aliphatic rings. The number of carbonyl (C=O) groups is 1. The molecular weight excluding hydrogens is 170 g/mol. The molecule has 1 unspecified atom stereocenters. The Kier molecular flexibility index (Phi) is 3.98. The van der Waals surface area contributed by atoms with E-state index in [0.717, 1.165) is 25.9 Å². The molecule has 1 saturated heterocycles. The summed E-state index contributed by atoms with van der Waals surface area (Å²) in [5.41, 5.74) is 5.02. The van der Waals surface area contributed by atoms with Gasteiger partial charge in [-0.05, 0) is 19.4 Å². The smallest absolute Gasteiger partial charge is 0.312 e. The molecule has 5 nitrogen and oxygen atoms in total. The van der Waals surface area contributed by atoms with Crippen molar-refractivity contribution in [2.24, 2.45) is 5.73 Å². The van der Waals surface area contributed by atoms with Gasteiger partial charge in [-0.3, -0.25) is 4.90 Å². The quantitative estimate of drug-likeness (QED) is 0.536. The second-order valence-electron chi connectivity index (χ2n) is 3.37. The highest BCUT2D eigenvalue weighted by molar-refractivity contribution is 5.71. The topological polar surface area (TPSA) is 78.6 Å². The van der Waals surface area contributed by atoms with Crippen LogP contribution in [-0.4, -0.2) is 48.3 Å². The Morgan fingerprint density at radius 2 is 2.46 bits per heavy atom. The summed E-state index contributed by atoms with van der Waals surface area (Å²) in [6.07, 6.45) is 2.02. The third-order valence-corrected chi connectivity index (χ3v) is 2.27. The van der Waals surface area contributed by atoms with Crippen LogP contribution in [0.2, 0.25) is 0 Å². The Labute approximate surface area is 77.9 Å². The number of β-amino-alcohol motifs (C(OH)–C–C–N with tert-alkyl or cyclic N) is 1. The van der Waals surface area contributed by atoms with E-state index in [4.69, 9.17) is 10.8 Å². The Bertz CT molecular complexity index is 173. The van der Waals surface area contributed by atoms with E-state index in [2.05, 4.69) is 10.2 Å². The molecule has 76 valence electrons. The SMILES string of the molecule is NC(=O)NC1CCCN(CCO)C1. The van der Waals surface area contributed by atoms with Crippen LogP contribution in [0.25, 0.3) is 0 Å². The number of urea groups is 1. The van der Waals surface area contributed by atoms with Crippen molar-refractivity contribution in [1.29, 1.82) is 0 Å². The van der Waals surface area contributed by atoms with Crippen molar-refractivity contribution in [2.75, 3.05) is 26.2 Å². The lowest BCUT2D eigenvalue weighted by atomic mass is 10.1. The second kappa shape index (κ2) is 5.04. The first kappa shape index (κ1) is 10.3. The molecule has 0 spiro atoms. The number of aliphatic hydroxyl groups is 1. The predicted octanol–water partition coefficient (Wildman–Crippen LogP) is -0.889. The molecule has 13 heavy (non-hydrogen) atoms. The van der Waals surface area contributed by atoms with Gasteiger partial charge in [-0.15, -0.1) is 0 Å². The van der Waals surface area contributed by atoms with Crippen LogP contribution in [0.1, 0.15) is 12.8 Å². The van der Waals surface area contributed by atoms with Crippen LogP contribution in [0.5, 0.6) is 0 Å². The summed E-state index contributed by atoms with van der Waals surface area (Å²) in [6.45, 7) is 2.64. The monoisotopic (exact) mass is 187 g/mol. The van der Waals surface area contributed by atoms with Crippen molar-refractivity contribution in [3.63, 3.8) is 0 Å². The average molecular weight is 187 g/mol. The third-order valence-electron chi connectivity index (χ3n) is 2.27. The number of rotatable bonds is 3. The first-order chi connectivity index (χ1) is 6.22. The van der Waals surface area contributed by atoms with Crippen molar-refractivity contribution >= 4 is 6.03 Å². The predicted molar refractivity (Wildman–Crippen MR) is 49.3 cm³/mol. The molecule has 0 aromatic rings. The fourth-order valence-electron chi connectivity index (χ4n) is 1.72. The number of likely N-dealkylation sites (tertiary alicyclic amines) is 1. The zero-order valence-electron chi connectivity index (χ0n) is 7.70. The van der Waals surface area contributed by atoms with Crippen LogP contribution in [0.4, 0.5) is 4.79 Å². The second-order valence-corrected chi connectivity index (χ2v) is 3.37. The van der Waals surface area contributed by atoms with E-state index in [0.29, 0.717) is 6.54 Å². The normalized spacial score (nSPS) is 24.2. The van der Waals surface area contributed by atoms with Gasteiger partial charge in [-0.25, -0.2) is 4.79 Å². The molecular formula is C8H17N3O2. The first-order valence-electron chi connectivity index (χ1n) is 4.61. The number of nitrogens with one attached hydrogen (secondary N) is 1. The molecule has 0 aliphatic carbocycles. The number of amides is 2. The van der Waals surface area contributed by atoms with E-state index in [9.17, 15) is 4.79 Å². The summed E-state index contributed by atoms with van der Waals surface area (Å²) in [7, 11) is 0. The van der Waals surface area contributed by atoms with E-state index in [-0.39, 0.29) is 12.6 Å². The van der Waals surface area contributed by atoms with Gasteiger partial charge in [0.2, 0.25) is 0 Å². The molecule has 0 saturated carbocycles. The lowest BCUT2D eigenvalue weighted by Crippen LogP contribution is -2.49. The Morgan fingerprint density at radius 3 is 3.08 bits per heavy atom. The highest BCUT2D eigenvalue weighted by Crippen LogP contribution is 2.08. The average Bonchev–Trinajstić information content (AvgIpc) is 2.04. The maximum absolute atomic E-state index is 10.6. The lowest BCUT2D eigenvalue weighted by molar-refractivity contribution is 0.153. The van der Waals surface area contributed by atoms with E-state index in [1.165, 1.54) is 0 Å². The molecule has 1 atom stereocenters. The zero-order valence-corrected chi connectivity index (χ0v) is 7.70. The molecule has 1 fully saturated rings. The van der Waals surface area contributed by atoms with Crippen LogP contribution < -0.4 is 11.1 Å². The summed E-state index contributed by atoms with van der Waals surface area (Å²) in [4.78, 5) is 12.7. The molecule has 1 rings (SSSR count). The molecule has 2 amide bonds. The molecule has 1 aliphatic heterocycles. The van der Waals surface area contributed by atoms with E-state index in [1.54, 1.807) is 0 Å². The minimum atomic E-state index is -0.462. The van der Waals surface area contributed by atoms with Gasteiger partial charge < -0.3 is 16.2 Å². The van der Waals surface area contributed by atoms with E-state index >= 15 is 0 Å². The number of aliphatic hydroxyl groups excluding tert-OH is 1. The Balaban J connectivity index is 2.28. The fraction of sp³-hybridized carbons (Fsp3) is 0.875. The standard InChI is InChI=1S/C8H17N3O2/c9-8(13)10-7-2-1-3-11(6-7)4-5-12/h7,12H,1-6H2,(H3,9,10,13). The molecule has 0 aromatic carbocycles. The maximum atomic E-state index is 10.6. The zero-order chi connectivity index (χ0) is 9.68. The molecule has 0 bridgehead atoms. The fourth-order valence-corrected chi connectivity index (χ4v) is 1.72. The van der Waals surface area contributed by atoms with Gasteiger partial charge in [0.1, 0.15) is 0 Å². The number of carbonyl (C=O) groups excluding carboxylic acids is 1. The molecule has 4 N–H and O–H groups in total. The van der Waals surface area contributed by atoms with Crippen molar-refractivity contribution in [3.05, 3.63) is 0 Å². The molecule has 0 radical (unpaired) electrons. The van der Waals surface area contributed by atoms with Gasteiger partial charge in [-0.1, -0.05) is 0 Å². The van der Waals surface area contributed by atoms with Gasteiger partial charge >= 0.3 is 6.03 Å². The van der Waals surface area contributed by atoms with E-state index < -0.39 is 6.03 Å². The lowest BCUT2D eigenvalue weighted by Gasteiger charge is -2.32. The van der Waals surface area contributed by atoms with Crippen LogP contribution >= 0.6 is 0 Å². The van der Waals surface area contributed by atoms with Crippen molar-refractivity contribution in [2.45, 2.75) is 18.9 Å². The summed E-state index contributed by atoms with van der Waals surface area (Å²) in [5, 5.41) is 11.4. The minimum Gasteiger partial charge on any atom is -0.395 e. The Morgan fingerprint density at radius 1 is 1.69 bits per heavy atom. The first-order valence-corrected chi connectivity index (χ1v) is 4.61. The third kappa shape index (κ3) is 3.61. The van der Waals surface area contributed by atoms with Crippen molar-refractivity contribution < 1.29 is 9.90 Å². The maximum Gasteiger partial charge on any atom is 0.312 e. The van der Waals surface area contributed by atoms with Crippen LogP contribution in [0.15, 0.2) is 0 Å². The minimum absolute atomic E-state index is 0.151. The number of piperidine rings is 1. The van der Waals surface area contributed by atoms with Crippen molar-refractivity contribution in [3.8, 4) is 0 Å². The summed E-state index contributed by atoms with van der Waals surface area (Å²) < 4.78 is 0. The van der Waals surface area contributed by atoms with Gasteiger partial charge in [0, 0.05) is 19.1 Å². The molecule has 0 aromatic heterocycles. The van der Waals surface area contributed by atoms with Gasteiger partial charge in [0.25, 0.3) is 0 Å². The van der Waals surface area contributed by atoms with Crippen LogP contribution in [0, 0.1) is 0 Å². The highest BCUT2D eigenvalue weighted by Gasteiger charge is 2.19.